The maximum atomic E-state index is 8.81. The van der Waals surface area contributed by atoms with Gasteiger partial charge in [0, 0.05) is 0 Å². The van der Waals surface area contributed by atoms with Crippen LogP contribution in [-0.2, 0) is 14.1 Å². The summed E-state index contributed by atoms with van der Waals surface area (Å²) in [6.07, 6.45) is 4.85. The van der Waals surface area contributed by atoms with Crippen LogP contribution in [0.2, 0.25) is 10.7 Å². The van der Waals surface area contributed by atoms with Crippen molar-refractivity contribution < 1.29 is 14.1 Å². The van der Waals surface area contributed by atoms with Crippen LogP contribution in [0.3, 0.4) is 0 Å². The molecule has 0 heterocycles. The second-order valence-electron chi connectivity index (χ2n) is 14.3. The first-order chi connectivity index (χ1) is 22.6. The van der Waals surface area contributed by atoms with Gasteiger partial charge in [0.15, 0.2) is 0 Å². The number of allylic oxidation sites excluding steroid dienone is 2. The van der Waals surface area contributed by atoms with Crippen molar-refractivity contribution >= 4 is 57.4 Å². The molecule has 2 unspecified atom stereocenters. The molecular formula is C43H40Cl2SiZr. The monoisotopic (exact) mass is 744 g/mol. The number of fused-ring (bicyclic) bond motifs is 4. The standard InChI is InChI=1S/2C20H15.C2H5.CH5Si.2ClH.Zr/c2*1-14-12-16-8-5-11-19(20(16)13-14)18-10-4-7-15-6-2-3-9-17(15)18;2*1-2;;;/h2*2-13H,1H3;1H2,2H3;2H2,1H3;2*1H;/q;;;;;;+2/p-2. The Morgan fingerprint density at radius 2 is 0.915 bits per heavy atom. The third kappa shape index (κ3) is 4.34. The van der Waals surface area contributed by atoms with Crippen LogP contribution in [0.15, 0.2) is 132 Å². The van der Waals surface area contributed by atoms with Gasteiger partial charge in [-0.3, -0.25) is 0 Å². The molecule has 0 amide bonds. The van der Waals surface area contributed by atoms with Gasteiger partial charge in [0.2, 0.25) is 0 Å². The van der Waals surface area contributed by atoms with E-state index in [1.54, 1.807) is 0 Å². The van der Waals surface area contributed by atoms with Gasteiger partial charge in [-0.2, -0.15) is 0 Å². The van der Waals surface area contributed by atoms with Gasteiger partial charge in [0.25, 0.3) is 0 Å². The molecule has 0 saturated carbocycles. The van der Waals surface area contributed by atoms with Crippen LogP contribution in [-0.4, -0.2) is 6.65 Å². The second kappa shape index (κ2) is 10.8. The fourth-order valence-electron chi connectivity index (χ4n) is 9.83. The van der Waals surface area contributed by atoms with Crippen LogP contribution in [0.5, 0.6) is 0 Å². The zero-order chi connectivity index (χ0) is 32.6. The predicted octanol–water partition coefficient (Wildman–Crippen LogP) is 13.0. The Morgan fingerprint density at radius 1 is 0.532 bits per heavy atom. The van der Waals surface area contributed by atoms with E-state index in [1.165, 1.54) is 77.2 Å². The first-order valence-electron chi connectivity index (χ1n) is 17.0. The molecule has 47 heavy (non-hydrogen) atoms. The van der Waals surface area contributed by atoms with E-state index in [-0.39, 0.29) is 7.25 Å². The summed E-state index contributed by atoms with van der Waals surface area (Å²) in [5.74, 6) is 0. The van der Waals surface area contributed by atoms with Crippen LogP contribution in [0.25, 0.3) is 56.0 Å². The molecule has 4 heteroatoms. The van der Waals surface area contributed by atoms with Gasteiger partial charge < -0.3 is 0 Å². The molecule has 234 valence electrons. The Hall–Kier alpha value is -3.00. The van der Waals surface area contributed by atoms with Crippen molar-refractivity contribution in [2.45, 2.75) is 38.7 Å². The third-order valence-corrected chi connectivity index (χ3v) is 69.4. The number of rotatable bonds is 6. The van der Waals surface area contributed by atoms with E-state index in [4.69, 9.17) is 17.0 Å². The topological polar surface area (TPSA) is 0 Å². The minimum absolute atomic E-state index is 0.0478. The summed E-state index contributed by atoms with van der Waals surface area (Å²) in [6, 6.07) is 44.4. The molecule has 0 bridgehead atoms. The quantitative estimate of drug-likeness (QED) is 0.149. The minimum atomic E-state index is -5.34. The molecule has 0 nitrogen and oxygen atoms in total. The average molecular weight is 747 g/mol. The van der Waals surface area contributed by atoms with Crippen molar-refractivity contribution in [3.8, 4) is 22.3 Å². The van der Waals surface area contributed by atoms with Gasteiger partial charge >= 0.3 is 287 Å². The van der Waals surface area contributed by atoms with Crippen molar-refractivity contribution in [2.24, 2.45) is 0 Å². The Bertz CT molecular complexity index is 2170. The van der Waals surface area contributed by atoms with Crippen LogP contribution < -0.4 is 0 Å². The van der Waals surface area contributed by atoms with Gasteiger partial charge in [-0.05, 0) is 0 Å². The van der Waals surface area contributed by atoms with Gasteiger partial charge in [-0.25, -0.2) is 0 Å². The number of benzene rings is 6. The molecule has 2 aliphatic carbocycles. The zero-order valence-corrected chi connectivity index (χ0v) is 32.9. The van der Waals surface area contributed by atoms with E-state index in [9.17, 15) is 0 Å². The molecule has 0 N–H and O–H groups in total. The van der Waals surface area contributed by atoms with E-state index in [0.29, 0.717) is 0 Å². The molecule has 0 saturated heterocycles. The van der Waals surface area contributed by atoms with Gasteiger partial charge in [0.1, 0.15) is 0 Å². The van der Waals surface area contributed by atoms with Crippen molar-refractivity contribution in [3.63, 3.8) is 0 Å². The summed E-state index contributed by atoms with van der Waals surface area (Å²) in [4.78, 5) is 0. The fourth-order valence-corrected chi connectivity index (χ4v) is 48.9. The summed E-state index contributed by atoms with van der Waals surface area (Å²) in [6.45, 7) is 8.40. The van der Waals surface area contributed by atoms with Gasteiger partial charge in [0.05, 0.1) is 0 Å². The van der Waals surface area contributed by atoms with Crippen molar-refractivity contribution in [2.75, 3.05) is 0 Å². The summed E-state index contributed by atoms with van der Waals surface area (Å²) < 4.78 is 0.937. The molecule has 0 aromatic heterocycles. The van der Waals surface area contributed by atoms with E-state index in [0.717, 1.165) is 4.13 Å². The number of hydrogen-bond acceptors (Lipinski definition) is 0. The second-order valence-corrected chi connectivity index (χ2v) is 68.1. The van der Waals surface area contributed by atoms with Crippen LogP contribution >= 0.6 is 17.0 Å². The van der Waals surface area contributed by atoms with Crippen molar-refractivity contribution in [3.05, 3.63) is 155 Å². The third-order valence-electron chi connectivity index (χ3n) is 12.2. The molecule has 0 radical (unpaired) electrons. The molecule has 2 aliphatic rings. The molecule has 6 aromatic carbocycles. The van der Waals surface area contributed by atoms with Crippen molar-refractivity contribution in [1.29, 1.82) is 0 Å². The van der Waals surface area contributed by atoms with Crippen LogP contribution in [0.4, 0.5) is 0 Å². The van der Waals surface area contributed by atoms with Crippen LogP contribution in [0, 0.1) is 0 Å². The Balaban J connectivity index is 1.35. The molecule has 0 aliphatic heterocycles. The summed E-state index contributed by atoms with van der Waals surface area (Å²) in [7, 11) is 17.6. The number of halogens is 2. The molecular weight excluding hydrogens is 707 g/mol. The maximum absolute atomic E-state index is 8.81. The SMILES string of the molecule is C[CH2][Zr]([Cl])([Cl])([SiH2]C)([CH]1C(C)=Cc2c(-c3cccc4ccccc34)cccc21)[CH]1C(C)=Cc2c(-c3cccc4ccccc34)cccc21. The number of hydrogen-bond donors (Lipinski definition) is 0. The molecule has 2 atom stereocenters. The van der Waals surface area contributed by atoms with E-state index in [2.05, 4.69) is 161 Å². The first-order valence-corrected chi connectivity index (χ1v) is 35.3. The van der Waals surface area contributed by atoms with E-state index < -0.39 is 20.7 Å². The Morgan fingerprint density at radius 3 is 1.34 bits per heavy atom. The molecule has 0 spiro atoms. The van der Waals surface area contributed by atoms with Gasteiger partial charge in [-0.1, -0.05) is 0 Å². The normalized spacial score (nSPS) is 19.0. The Labute approximate surface area is 284 Å². The molecule has 8 rings (SSSR count). The van der Waals surface area contributed by atoms with Crippen molar-refractivity contribution in [1.82, 2.24) is 0 Å². The Kier molecular flexibility index (Phi) is 7.15. The fraction of sp³-hybridized carbons (Fsp3) is 0.163. The summed E-state index contributed by atoms with van der Waals surface area (Å²) in [5, 5.41) is 5.07. The zero-order valence-electron chi connectivity index (χ0n) is 27.5. The van der Waals surface area contributed by atoms with E-state index >= 15 is 0 Å². The summed E-state index contributed by atoms with van der Waals surface area (Å²) in [5.41, 5.74) is 13.0. The van der Waals surface area contributed by atoms with E-state index in [1.807, 2.05) is 0 Å². The summed E-state index contributed by atoms with van der Waals surface area (Å²) >= 11 is -5.34. The van der Waals surface area contributed by atoms with Gasteiger partial charge in [-0.15, -0.1) is 0 Å². The average Bonchev–Trinajstić information content (AvgIpc) is 3.65. The predicted molar refractivity (Wildman–Crippen MR) is 208 cm³/mol. The molecule has 6 aromatic rings. The molecule has 0 fully saturated rings. The first kappa shape index (κ1) is 31.3. The van der Waals surface area contributed by atoms with Crippen LogP contribution in [0.1, 0.15) is 50.3 Å².